The molecule has 26 heavy (non-hydrogen) atoms. The fraction of sp³-hybridized carbons (Fsp3) is 0.611. The first-order valence-electron chi connectivity index (χ1n) is 8.21. The first kappa shape index (κ1) is 24.5. The van der Waals surface area contributed by atoms with Crippen LogP contribution in [0.15, 0.2) is 12.1 Å². The van der Waals surface area contributed by atoms with Gasteiger partial charge in [0.25, 0.3) is 0 Å². The molecule has 0 fully saturated rings. The molecule has 4 nitrogen and oxygen atoms in total. The van der Waals surface area contributed by atoms with Crippen LogP contribution < -0.4 is 10.5 Å². The summed E-state index contributed by atoms with van der Waals surface area (Å²) in [6, 6.07) is 3.46. The van der Waals surface area contributed by atoms with Crippen LogP contribution in [0.2, 0.25) is 0 Å². The Morgan fingerprint density at radius 2 is 1.73 bits per heavy atom. The fourth-order valence-electron chi connectivity index (χ4n) is 2.92. The van der Waals surface area contributed by atoms with Crippen LogP contribution in [0, 0.1) is 13.8 Å². The van der Waals surface area contributed by atoms with E-state index in [1.165, 1.54) is 0 Å². The number of carbonyl (C=O) groups is 1. The number of hydrogen-bond donors (Lipinski definition) is 1. The van der Waals surface area contributed by atoms with Gasteiger partial charge in [-0.05, 0) is 43.9 Å². The Balaban J connectivity index is 0.00000625. The topological polar surface area (TPSA) is 55.6 Å². The molecule has 0 saturated carbocycles. The zero-order valence-corrected chi connectivity index (χ0v) is 16.7. The van der Waals surface area contributed by atoms with Gasteiger partial charge in [0.05, 0.1) is 5.54 Å². The quantitative estimate of drug-likeness (QED) is 0.753. The van der Waals surface area contributed by atoms with Crippen LogP contribution in [-0.2, 0) is 11.3 Å². The van der Waals surface area contributed by atoms with Gasteiger partial charge in [-0.3, -0.25) is 4.79 Å². The molecule has 0 spiro atoms. The third kappa shape index (κ3) is 7.03. The lowest BCUT2D eigenvalue weighted by Crippen LogP contribution is -2.51. The van der Waals surface area contributed by atoms with Gasteiger partial charge in [-0.15, -0.1) is 12.4 Å². The van der Waals surface area contributed by atoms with E-state index in [2.05, 4.69) is 0 Å². The maximum atomic E-state index is 12.5. The number of rotatable bonds is 7. The minimum absolute atomic E-state index is 0. The van der Waals surface area contributed by atoms with Gasteiger partial charge in [0.1, 0.15) is 5.75 Å². The molecule has 0 aliphatic carbocycles. The summed E-state index contributed by atoms with van der Waals surface area (Å²) in [5.74, 6) is 0.0618. The summed E-state index contributed by atoms with van der Waals surface area (Å²) in [6.07, 6.45) is -3.00. The second kappa shape index (κ2) is 9.46. The molecular formula is C18H28ClF3N2O2. The molecule has 0 aliphatic rings. The van der Waals surface area contributed by atoms with Crippen molar-refractivity contribution in [3.8, 4) is 5.75 Å². The summed E-state index contributed by atoms with van der Waals surface area (Å²) in [6.45, 7) is 6.05. The number of hydrogen-bond acceptors (Lipinski definition) is 3. The fourth-order valence-corrected chi connectivity index (χ4v) is 2.92. The second-order valence-corrected chi connectivity index (χ2v) is 6.79. The predicted octanol–water partition coefficient (Wildman–Crippen LogP) is 4.14. The van der Waals surface area contributed by atoms with Crippen molar-refractivity contribution in [2.75, 3.05) is 13.7 Å². The molecule has 8 heteroatoms. The van der Waals surface area contributed by atoms with E-state index in [0.717, 1.165) is 12.0 Å². The van der Waals surface area contributed by atoms with Gasteiger partial charge in [-0.2, -0.15) is 13.2 Å². The SMILES string of the molecule is CCCC(C)(N)C(=O)N(C)Cc1cc(C)c(OCC(F)(F)F)c(C)c1.Cl. The number of nitrogens with two attached hydrogens (primary N) is 1. The van der Waals surface area contributed by atoms with Crippen LogP contribution in [0.3, 0.4) is 0 Å². The number of ether oxygens (including phenoxy) is 1. The number of likely N-dealkylation sites (N-methyl/N-ethyl adjacent to an activating group) is 1. The van der Waals surface area contributed by atoms with Crippen molar-refractivity contribution in [2.24, 2.45) is 5.73 Å². The molecule has 0 saturated heterocycles. The largest absolute Gasteiger partial charge is 0.484 e. The highest BCUT2D eigenvalue weighted by molar-refractivity contribution is 5.85. The van der Waals surface area contributed by atoms with Crippen molar-refractivity contribution >= 4 is 18.3 Å². The monoisotopic (exact) mass is 396 g/mol. The molecule has 1 rings (SSSR count). The Bertz CT molecular complexity index is 596. The molecule has 1 atom stereocenters. The third-order valence-electron chi connectivity index (χ3n) is 3.92. The van der Waals surface area contributed by atoms with Gasteiger partial charge in [-0.25, -0.2) is 0 Å². The number of carbonyl (C=O) groups excluding carboxylic acids is 1. The summed E-state index contributed by atoms with van der Waals surface area (Å²) in [5.41, 5.74) is 7.16. The molecule has 0 aromatic heterocycles. The van der Waals surface area contributed by atoms with E-state index >= 15 is 0 Å². The van der Waals surface area contributed by atoms with Crippen LogP contribution in [0.1, 0.15) is 43.4 Å². The lowest BCUT2D eigenvalue weighted by molar-refractivity contribution is -0.153. The van der Waals surface area contributed by atoms with Crippen LogP contribution >= 0.6 is 12.4 Å². The van der Waals surface area contributed by atoms with E-state index in [4.69, 9.17) is 10.5 Å². The van der Waals surface area contributed by atoms with E-state index in [1.54, 1.807) is 44.9 Å². The number of amides is 1. The zero-order valence-electron chi connectivity index (χ0n) is 15.9. The summed E-state index contributed by atoms with van der Waals surface area (Å²) in [5, 5.41) is 0. The average Bonchev–Trinajstić information content (AvgIpc) is 2.44. The van der Waals surface area contributed by atoms with Crippen LogP contribution in [0.5, 0.6) is 5.75 Å². The van der Waals surface area contributed by atoms with Gasteiger partial charge in [0, 0.05) is 13.6 Å². The van der Waals surface area contributed by atoms with Gasteiger partial charge in [0.15, 0.2) is 6.61 Å². The van der Waals surface area contributed by atoms with E-state index in [1.807, 2.05) is 6.92 Å². The Kier molecular flexibility index (Phi) is 8.93. The predicted molar refractivity (Wildman–Crippen MR) is 98.7 cm³/mol. The molecule has 0 bridgehead atoms. The minimum atomic E-state index is -4.38. The molecular weight excluding hydrogens is 369 g/mol. The molecule has 150 valence electrons. The molecule has 1 aromatic rings. The highest BCUT2D eigenvalue weighted by atomic mass is 35.5. The van der Waals surface area contributed by atoms with Gasteiger partial charge in [0.2, 0.25) is 5.91 Å². The number of nitrogens with zero attached hydrogens (tertiary/aromatic N) is 1. The molecule has 1 amide bonds. The number of alkyl halides is 3. The Labute approximate surface area is 159 Å². The van der Waals surface area contributed by atoms with Crippen LogP contribution in [0.25, 0.3) is 0 Å². The molecule has 0 radical (unpaired) electrons. The van der Waals surface area contributed by atoms with Gasteiger partial charge in [-0.1, -0.05) is 25.5 Å². The van der Waals surface area contributed by atoms with E-state index in [0.29, 0.717) is 24.1 Å². The third-order valence-corrected chi connectivity index (χ3v) is 3.92. The number of halogens is 4. The van der Waals surface area contributed by atoms with Crippen LogP contribution in [-0.4, -0.2) is 36.2 Å². The van der Waals surface area contributed by atoms with E-state index in [9.17, 15) is 18.0 Å². The smallest absolute Gasteiger partial charge is 0.422 e. The molecule has 2 N–H and O–H groups in total. The maximum Gasteiger partial charge on any atom is 0.422 e. The summed E-state index contributed by atoms with van der Waals surface area (Å²) >= 11 is 0. The molecule has 0 heterocycles. The van der Waals surface area contributed by atoms with Crippen molar-refractivity contribution in [3.05, 3.63) is 28.8 Å². The second-order valence-electron chi connectivity index (χ2n) is 6.79. The van der Waals surface area contributed by atoms with Crippen molar-refractivity contribution in [2.45, 2.75) is 58.8 Å². The maximum absolute atomic E-state index is 12.5. The zero-order chi connectivity index (χ0) is 19.4. The van der Waals surface area contributed by atoms with E-state index in [-0.39, 0.29) is 24.1 Å². The number of aryl methyl sites for hydroxylation is 2. The Morgan fingerprint density at radius 1 is 1.23 bits per heavy atom. The summed E-state index contributed by atoms with van der Waals surface area (Å²) < 4.78 is 41.9. The van der Waals surface area contributed by atoms with Gasteiger partial charge < -0.3 is 15.4 Å². The standard InChI is InChI=1S/C18H27F3N2O2.ClH/c1-6-7-17(4,22)16(24)23(5)10-14-8-12(2)15(13(3)9-14)25-11-18(19,20)21;/h8-9H,6-7,10-11,22H2,1-5H3;1H. The lowest BCUT2D eigenvalue weighted by Gasteiger charge is -2.29. The molecule has 1 aromatic carbocycles. The first-order chi connectivity index (χ1) is 11.4. The lowest BCUT2D eigenvalue weighted by atomic mass is 9.95. The van der Waals surface area contributed by atoms with Crippen molar-refractivity contribution in [3.63, 3.8) is 0 Å². The first-order valence-corrected chi connectivity index (χ1v) is 8.21. The summed E-state index contributed by atoms with van der Waals surface area (Å²) in [7, 11) is 1.67. The molecule has 1 unspecified atom stereocenters. The van der Waals surface area contributed by atoms with E-state index < -0.39 is 18.3 Å². The highest BCUT2D eigenvalue weighted by Crippen LogP contribution is 2.28. The highest BCUT2D eigenvalue weighted by Gasteiger charge is 2.31. The normalized spacial score (nSPS) is 13.6. The minimum Gasteiger partial charge on any atom is -0.484 e. The van der Waals surface area contributed by atoms with Gasteiger partial charge >= 0.3 is 6.18 Å². The summed E-state index contributed by atoms with van der Waals surface area (Å²) in [4.78, 5) is 14.0. The van der Waals surface area contributed by atoms with Crippen LogP contribution in [0.4, 0.5) is 13.2 Å². The average molecular weight is 397 g/mol. The van der Waals surface area contributed by atoms with Crippen molar-refractivity contribution in [1.29, 1.82) is 0 Å². The molecule has 0 aliphatic heterocycles. The Hall–Kier alpha value is -1.47. The van der Waals surface area contributed by atoms with Crippen molar-refractivity contribution in [1.82, 2.24) is 4.90 Å². The Morgan fingerprint density at radius 3 is 2.15 bits per heavy atom. The number of benzene rings is 1. The van der Waals surface area contributed by atoms with Crippen molar-refractivity contribution < 1.29 is 22.7 Å².